The van der Waals surface area contributed by atoms with Gasteiger partial charge in [-0.25, -0.2) is 4.98 Å². The van der Waals surface area contributed by atoms with E-state index in [0.29, 0.717) is 12.4 Å². The number of nitrogens with two attached hydrogens (primary N) is 1. The van der Waals surface area contributed by atoms with Crippen LogP contribution in [0.25, 0.3) is 0 Å². The molecule has 0 saturated carbocycles. The van der Waals surface area contributed by atoms with Gasteiger partial charge in [0.05, 0.1) is 4.92 Å². The van der Waals surface area contributed by atoms with Crippen LogP contribution in [0, 0.1) is 10.1 Å². The van der Waals surface area contributed by atoms with Crippen molar-refractivity contribution < 1.29 is 9.72 Å². The number of rotatable bonds is 7. The van der Waals surface area contributed by atoms with Gasteiger partial charge in [0.15, 0.2) is 0 Å². The Kier molecular flexibility index (Phi) is 5.04. The van der Waals surface area contributed by atoms with Gasteiger partial charge in [-0.3, -0.25) is 14.9 Å². The summed E-state index contributed by atoms with van der Waals surface area (Å²) in [5.41, 5.74) is 4.94. The number of amides is 1. The molecule has 0 bridgehead atoms. The number of nitrogens with zero attached hydrogens (tertiary/aromatic N) is 2. The SMILES string of the molecule is CCNc1ccc([N+](=O)[O-])c(NC(C)CC(N)=O)n1. The van der Waals surface area contributed by atoms with Gasteiger partial charge in [0.1, 0.15) is 5.82 Å². The Morgan fingerprint density at radius 1 is 1.58 bits per heavy atom. The first-order valence-electron chi connectivity index (χ1n) is 5.88. The fourth-order valence-corrected chi connectivity index (χ4v) is 1.57. The zero-order chi connectivity index (χ0) is 14.4. The van der Waals surface area contributed by atoms with Crippen molar-refractivity contribution in [2.24, 2.45) is 5.73 Å². The van der Waals surface area contributed by atoms with E-state index in [1.165, 1.54) is 12.1 Å². The van der Waals surface area contributed by atoms with Crippen molar-refractivity contribution in [1.82, 2.24) is 4.98 Å². The average molecular weight is 267 g/mol. The lowest BCUT2D eigenvalue weighted by atomic mass is 10.2. The zero-order valence-electron chi connectivity index (χ0n) is 10.8. The van der Waals surface area contributed by atoms with E-state index < -0.39 is 10.8 Å². The summed E-state index contributed by atoms with van der Waals surface area (Å²) in [6.07, 6.45) is 0.0737. The van der Waals surface area contributed by atoms with E-state index in [1.54, 1.807) is 6.92 Å². The molecule has 0 fully saturated rings. The zero-order valence-corrected chi connectivity index (χ0v) is 10.8. The van der Waals surface area contributed by atoms with E-state index in [9.17, 15) is 14.9 Å². The van der Waals surface area contributed by atoms with Crippen LogP contribution in [0.2, 0.25) is 0 Å². The molecule has 1 aromatic rings. The third-order valence-electron chi connectivity index (χ3n) is 2.32. The van der Waals surface area contributed by atoms with Crippen molar-refractivity contribution in [2.45, 2.75) is 26.3 Å². The Morgan fingerprint density at radius 2 is 2.26 bits per heavy atom. The van der Waals surface area contributed by atoms with E-state index >= 15 is 0 Å². The fraction of sp³-hybridized carbons (Fsp3) is 0.455. The number of carbonyl (C=O) groups is 1. The summed E-state index contributed by atoms with van der Waals surface area (Å²) < 4.78 is 0. The molecule has 0 radical (unpaired) electrons. The predicted octanol–water partition coefficient (Wildman–Crippen LogP) is 1.10. The highest BCUT2D eigenvalue weighted by atomic mass is 16.6. The number of hydrogen-bond acceptors (Lipinski definition) is 6. The minimum Gasteiger partial charge on any atom is -0.370 e. The molecule has 8 nitrogen and oxygen atoms in total. The summed E-state index contributed by atoms with van der Waals surface area (Å²) in [7, 11) is 0. The van der Waals surface area contributed by atoms with Gasteiger partial charge < -0.3 is 16.4 Å². The number of hydrogen-bond donors (Lipinski definition) is 3. The summed E-state index contributed by atoms with van der Waals surface area (Å²) in [4.78, 5) is 25.3. The monoisotopic (exact) mass is 267 g/mol. The van der Waals surface area contributed by atoms with Crippen LogP contribution in [0.5, 0.6) is 0 Å². The number of anilines is 2. The fourth-order valence-electron chi connectivity index (χ4n) is 1.57. The average Bonchev–Trinajstić information content (AvgIpc) is 2.27. The molecule has 1 heterocycles. The number of primary amides is 1. The van der Waals surface area contributed by atoms with Gasteiger partial charge in [-0.1, -0.05) is 0 Å². The van der Waals surface area contributed by atoms with Crippen LogP contribution in [-0.2, 0) is 4.79 Å². The molecule has 8 heteroatoms. The quantitative estimate of drug-likeness (QED) is 0.502. The minimum absolute atomic E-state index is 0.0737. The topological polar surface area (TPSA) is 123 Å². The van der Waals surface area contributed by atoms with Crippen LogP contribution in [0.1, 0.15) is 20.3 Å². The summed E-state index contributed by atoms with van der Waals surface area (Å²) in [6.45, 7) is 4.25. The molecule has 0 saturated heterocycles. The number of pyridine rings is 1. The second kappa shape index (κ2) is 6.53. The van der Waals surface area contributed by atoms with Crippen LogP contribution < -0.4 is 16.4 Å². The molecule has 0 aliphatic rings. The van der Waals surface area contributed by atoms with E-state index in [2.05, 4.69) is 15.6 Å². The van der Waals surface area contributed by atoms with Crippen LogP contribution in [0.3, 0.4) is 0 Å². The first kappa shape index (κ1) is 14.7. The minimum atomic E-state index is -0.526. The smallest absolute Gasteiger partial charge is 0.311 e. The summed E-state index contributed by atoms with van der Waals surface area (Å²) in [5.74, 6) is 0.171. The van der Waals surface area contributed by atoms with Crippen molar-refractivity contribution in [2.75, 3.05) is 17.2 Å². The maximum Gasteiger partial charge on any atom is 0.311 e. The number of carbonyl (C=O) groups excluding carboxylic acids is 1. The Labute approximate surface area is 110 Å². The second-order valence-corrected chi connectivity index (χ2v) is 4.07. The molecule has 1 aromatic heterocycles. The second-order valence-electron chi connectivity index (χ2n) is 4.07. The van der Waals surface area contributed by atoms with E-state index in [4.69, 9.17) is 5.73 Å². The molecule has 0 aliphatic carbocycles. The third-order valence-corrected chi connectivity index (χ3v) is 2.32. The summed E-state index contributed by atoms with van der Waals surface area (Å²) in [5, 5.41) is 16.7. The number of nitrogens with one attached hydrogen (secondary N) is 2. The van der Waals surface area contributed by atoms with Crippen LogP contribution in [0.15, 0.2) is 12.1 Å². The van der Waals surface area contributed by atoms with Gasteiger partial charge in [0.25, 0.3) is 0 Å². The predicted molar refractivity (Wildman–Crippen MR) is 72.0 cm³/mol. The van der Waals surface area contributed by atoms with E-state index in [0.717, 1.165) is 0 Å². The normalized spacial score (nSPS) is 11.7. The molecule has 1 rings (SSSR count). The van der Waals surface area contributed by atoms with Crippen LogP contribution >= 0.6 is 0 Å². The standard InChI is InChI=1S/C11H17N5O3/c1-3-13-10-5-4-8(16(18)19)11(15-10)14-7(2)6-9(12)17/h4-5,7H,3,6H2,1-2H3,(H2,12,17)(H2,13,14,15). The van der Waals surface area contributed by atoms with Gasteiger partial charge >= 0.3 is 5.69 Å². The van der Waals surface area contributed by atoms with Gasteiger partial charge in [-0.2, -0.15) is 0 Å². The van der Waals surface area contributed by atoms with Crippen molar-refractivity contribution >= 4 is 23.2 Å². The van der Waals surface area contributed by atoms with Gasteiger partial charge in [0.2, 0.25) is 11.7 Å². The van der Waals surface area contributed by atoms with Crippen LogP contribution in [-0.4, -0.2) is 28.4 Å². The van der Waals surface area contributed by atoms with Crippen molar-refractivity contribution in [1.29, 1.82) is 0 Å². The molecule has 4 N–H and O–H groups in total. The molecule has 19 heavy (non-hydrogen) atoms. The van der Waals surface area contributed by atoms with Crippen molar-refractivity contribution in [3.05, 3.63) is 22.2 Å². The Morgan fingerprint density at radius 3 is 2.79 bits per heavy atom. The van der Waals surface area contributed by atoms with Crippen molar-refractivity contribution in [3.63, 3.8) is 0 Å². The lowest BCUT2D eigenvalue weighted by Gasteiger charge is -2.13. The van der Waals surface area contributed by atoms with E-state index in [-0.39, 0.29) is 24.0 Å². The molecule has 1 unspecified atom stereocenters. The molecule has 104 valence electrons. The maximum atomic E-state index is 10.9. The molecule has 0 aromatic carbocycles. The Hall–Kier alpha value is -2.38. The molecule has 1 amide bonds. The summed E-state index contributed by atoms with van der Waals surface area (Å²) >= 11 is 0. The third kappa shape index (κ3) is 4.41. The number of aromatic nitrogens is 1. The van der Waals surface area contributed by atoms with Crippen molar-refractivity contribution in [3.8, 4) is 0 Å². The van der Waals surface area contributed by atoms with Gasteiger partial charge in [-0.05, 0) is 19.9 Å². The molecular weight excluding hydrogens is 250 g/mol. The molecular formula is C11H17N5O3. The highest BCUT2D eigenvalue weighted by Gasteiger charge is 2.18. The Bertz CT molecular complexity index is 477. The molecule has 0 spiro atoms. The first-order chi connectivity index (χ1) is 8.93. The molecule has 1 atom stereocenters. The first-order valence-corrected chi connectivity index (χ1v) is 5.88. The number of nitro groups is 1. The maximum absolute atomic E-state index is 10.9. The Balaban J connectivity index is 2.96. The van der Waals surface area contributed by atoms with Gasteiger partial charge in [-0.15, -0.1) is 0 Å². The lowest BCUT2D eigenvalue weighted by molar-refractivity contribution is -0.384. The lowest BCUT2D eigenvalue weighted by Crippen LogP contribution is -2.25. The van der Waals surface area contributed by atoms with Crippen LogP contribution in [0.4, 0.5) is 17.3 Å². The molecule has 0 aliphatic heterocycles. The highest BCUT2D eigenvalue weighted by molar-refractivity contribution is 5.75. The van der Waals surface area contributed by atoms with Gasteiger partial charge in [0, 0.05) is 25.1 Å². The largest absolute Gasteiger partial charge is 0.370 e. The summed E-state index contributed by atoms with van der Waals surface area (Å²) in [6, 6.07) is 2.57. The van der Waals surface area contributed by atoms with E-state index in [1.807, 2.05) is 6.92 Å². The highest BCUT2D eigenvalue weighted by Crippen LogP contribution is 2.24.